The van der Waals surface area contributed by atoms with Gasteiger partial charge in [0.25, 0.3) is 0 Å². The van der Waals surface area contributed by atoms with Gasteiger partial charge < -0.3 is 9.33 Å². The summed E-state index contributed by atoms with van der Waals surface area (Å²) in [5, 5.41) is 0. The maximum absolute atomic E-state index is 12.1. The predicted octanol–water partition coefficient (Wildman–Crippen LogP) is 2.83. The zero-order valence-electron chi connectivity index (χ0n) is 12.3. The topological polar surface area (TPSA) is 29.5 Å². The minimum atomic E-state index is -1.05. The second kappa shape index (κ2) is 6.22. The molecule has 18 heavy (non-hydrogen) atoms. The highest BCUT2D eigenvalue weighted by atomic mass is 127. The van der Waals surface area contributed by atoms with Gasteiger partial charge in [0.05, 0.1) is 12.1 Å². The number of carbonyl (C=O) groups excluding carboxylic acids is 1. The maximum atomic E-state index is 12.1. The number of nitrogens with zero attached hydrogens (tertiary/aromatic N) is 1. The summed E-state index contributed by atoms with van der Waals surface area (Å²) in [7, 11) is -1.05. The molecule has 1 aliphatic rings. The van der Waals surface area contributed by atoms with Gasteiger partial charge in [-0.1, -0.05) is 43.4 Å². The molecule has 1 aliphatic heterocycles. The third-order valence-electron chi connectivity index (χ3n) is 3.93. The molecule has 1 atom stereocenters. The van der Waals surface area contributed by atoms with Gasteiger partial charge in [0.2, 0.25) is 5.91 Å². The van der Waals surface area contributed by atoms with E-state index in [4.69, 9.17) is 4.43 Å². The van der Waals surface area contributed by atoms with Crippen molar-refractivity contribution in [2.75, 3.05) is 17.6 Å². The highest BCUT2D eigenvalue weighted by Crippen LogP contribution is 2.44. The molecule has 1 amide bonds. The van der Waals surface area contributed by atoms with Crippen molar-refractivity contribution in [2.24, 2.45) is 5.41 Å². The summed E-state index contributed by atoms with van der Waals surface area (Å²) in [6, 6.07) is 0. The lowest BCUT2D eigenvalue weighted by Crippen LogP contribution is -2.58. The van der Waals surface area contributed by atoms with E-state index < -0.39 is 9.04 Å². The van der Waals surface area contributed by atoms with Crippen LogP contribution < -0.4 is 0 Å². The summed E-state index contributed by atoms with van der Waals surface area (Å²) >= 11 is 2.35. The summed E-state index contributed by atoms with van der Waals surface area (Å²) in [4.78, 5) is 14.2. The van der Waals surface area contributed by atoms with E-state index in [1.54, 1.807) is 0 Å². The van der Waals surface area contributed by atoms with Crippen molar-refractivity contribution < 1.29 is 9.22 Å². The van der Waals surface area contributed by atoms with Gasteiger partial charge in [-0.05, 0) is 24.9 Å². The second-order valence-corrected chi connectivity index (χ2v) is 9.89. The average Bonchev–Trinajstić information content (AvgIpc) is 2.55. The molecule has 0 aromatic heterocycles. The largest absolute Gasteiger partial charge is 0.418 e. The van der Waals surface area contributed by atoms with Crippen LogP contribution in [0.25, 0.3) is 0 Å². The van der Waals surface area contributed by atoms with Crippen molar-refractivity contribution in [3.63, 3.8) is 0 Å². The van der Waals surface area contributed by atoms with Crippen LogP contribution in [-0.2, 0) is 9.22 Å². The van der Waals surface area contributed by atoms with Gasteiger partial charge in [-0.3, -0.25) is 4.79 Å². The Morgan fingerprint density at radius 1 is 1.44 bits per heavy atom. The van der Waals surface area contributed by atoms with E-state index in [2.05, 4.69) is 61.4 Å². The van der Waals surface area contributed by atoms with E-state index in [0.29, 0.717) is 18.9 Å². The lowest BCUT2D eigenvalue weighted by atomic mass is 9.72. The quantitative estimate of drug-likeness (QED) is 0.415. The van der Waals surface area contributed by atoms with Crippen LogP contribution in [-0.4, -0.2) is 43.0 Å². The monoisotopic (exact) mass is 383 g/mol. The molecule has 1 fully saturated rings. The Balaban J connectivity index is 2.99. The van der Waals surface area contributed by atoms with Crippen LogP contribution in [0.4, 0.5) is 0 Å². The molecule has 1 heterocycles. The van der Waals surface area contributed by atoms with Crippen LogP contribution >= 0.6 is 22.6 Å². The standard InChI is InChI=1S/C13H26INO2Si/c1-12(2,3)13(10-17-18(4)5)7-6-11(16)15(13)9-8-14/h18H,6-10H2,1-5H3/t13-/m0/s1. The van der Waals surface area contributed by atoms with Crippen molar-refractivity contribution in [2.45, 2.75) is 52.2 Å². The summed E-state index contributed by atoms with van der Waals surface area (Å²) in [5.74, 6) is 0.301. The molecule has 106 valence electrons. The third-order valence-corrected chi connectivity index (χ3v) is 5.25. The van der Waals surface area contributed by atoms with Crippen LogP contribution in [0.15, 0.2) is 0 Å². The van der Waals surface area contributed by atoms with Crippen LogP contribution in [0, 0.1) is 5.41 Å². The molecule has 1 rings (SSSR count). The fourth-order valence-corrected chi connectivity index (χ4v) is 3.79. The SMILES string of the molecule is C[SiH](C)OC[C@]1(C(C)(C)C)CCC(=O)N1CCI. The van der Waals surface area contributed by atoms with Crippen LogP contribution in [0.2, 0.25) is 13.1 Å². The minimum absolute atomic E-state index is 0.0637. The summed E-state index contributed by atoms with van der Waals surface area (Å²) in [6.45, 7) is 12.6. The van der Waals surface area contributed by atoms with Crippen molar-refractivity contribution in [1.29, 1.82) is 0 Å². The first-order chi connectivity index (χ1) is 8.24. The zero-order chi connectivity index (χ0) is 14.0. The summed E-state index contributed by atoms with van der Waals surface area (Å²) in [6.07, 6.45) is 1.62. The summed E-state index contributed by atoms with van der Waals surface area (Å²) < 4.78 is 7.01. The molecule has 0 aliphatic carbocycles. The van der Waals surface area contributed by atoms with E-state index in [-0.39, 0.29) is 11.0 Å². The highest BCUT2D eigenvalue weighted by molar-refractivity contribution is 14.1. The Morgan fingerprint density at radius 2 is 2.06 bits per heavy atom. The number of halogens is 1. The number of rotatable bonds is 5. The smallest absolute Gasteiger partial charge is 0.223 e. The fraction of sp³-hybridized carbons (Fsp3) is 0.923. The summed E-state index contributed by atoms with van der Waals surface area (Å²) in [5.41, 5.74) is -0.0409. The number of amides is 1. The number of likely N-dealkylation sites (tertiary alicyclic amines) is 1. The van der Waals surface area contributed by atoms with Gasteiger partial charge in [-0.2, -0.15) is 0 Å². The van der Waals surface area contributed by atoms with E-state index in [0.717, 1.165) is 17.4 Å². The minimum Gasteiger partial charge on any atom is -0.418 e. The van der Waals surface area contributed by atoms with Crippen LogP contribution in [0.3, 0.4) is 0 Å². The number of alkyl halides is 1. The van der Waals surface area contributed by atoms with E-state index in [9.17, 15) is 4.79 Å². The lowest BCUT2D eigenvalue weighted by Gasteiger charge is -2.48. The van der Waals surface area contributed by atoms with Gasteiger partial charge >= 0.3 is 0 Å². The Morgan fingerprint density at radius 3 is 2.50 bits per heavy atom. The van der Waals surface area contributed by atoms with Crippen LogP contribution in [0.1, 0.15) is 33.6 Å². The Hall–Kier alpha value is 0.377. The highest BCUT2D eigenvalue weighted by Gasteiger charge is 2.52. The van der Waals surface area contributed by atoms with Gasteiger partial charge in [0.1, 0.15) is 0 Å². The van der Waals surface area contributed by atoms with Crippen LogP contribution in [0.5, 0.6) is 0 Å². The van der Waals surface area contributed by atoms with Gasteiger partial charge in [-0.25, -0.2) is 0 Å². The molecule has 5 heteroatoms. The number of hydrogen-bond donors (Lipinski definition) is 0. The first kappa shape index (κ1) is 16.4. The molecule has 3 nitrogen and oxygen atoms in total. The molecular formula is C13H26INO2Si. The molecular weight excluding hydrogens is 357 g/mol. The Bertz CT molecular complexity index is 304. The lowest BCUT2D eigenvalue weighted by molar-refractivity contribution is -0.135. The predicted molar refractivity (Wildman–Crippen MR) is 86.8 cm³/mol. The molecule has 1 saturated heterocycles. The van der Waals surface area contributed by atoms with E-state index in [1.807, 2.05) is 0 Å². The molecule has 0 aromatic rings. The van der Waals surface area contributed by atoms with Gasteiger partial charge in [0.15, 0.2) is 9.04 Å². The first-order valence-electron chi connectivity index (χ1n) is 6.72. The molecule has 0 N–H and O–H groups in total. The fourth-order valence-electron chi connectivity index (χ4n) is 2.70. The Labute approximate surface area is 127 Å². The van der Waals surface area contributed by atoms with E-state index in [1.165, 1.54) is 0 Å². The molecule has 0 saturated carbocycles. The van der Waals surface area contributed by atoms with E-state index >= 15 is 0 Å². The van der Waals surface area contributed by atoms with Gasteiger partial charge in [-0.15, -0.1) is 0 Å². The molecule has 0 unspecified atom stereocenters. The van der Waals surface area contributed by atoms with Crippen molar-refractivity contribution in [3.8, 4) is 0 Å². The molecule has 0 radical (unpaired) electrons. The third kappa shape index (κ3) is 3.28. The Kier molecular flexibility index (Phi) is 5.68. The normalized spacial score (nSPS) is 25.3. The van der Waals surface area contributed by atoms with Crippen molar-refractivity contribution in [3.05, 3.63) is 0 Å². The van der Waals surface area contributed by atoms with Crippen molar-refractivity contribution >= 4 is 37.5 Å². The average molecular weight is 383 g/mol. The molecule has 0 spiro atoms. The first-order valence-corrected chi connectivity index (χ1v) is 11.0. The van der Waals surface area contributed by atoms with Gasteiger partial charge in [0, 0.05) is 17.4 Å². The molecule has 0 bridgehead atoms. The molecule has 0 aromatic carbocycles. The second-order valence-electron chi connectivity index (χ2n) is 6.38. The van der Waals surface area contributed by atoms with Crippen molar-refractivity contribution in [1.82, 2.24) is 4.90 Å². The number of hydrogen-bond acceptors (Lipinski definition) is 2. The maximum Gasteiger partial charge on any atom is 0.223 e. The number of carbonyl (C=O) groups is 1. The zero-order valence-corrected chi connectivity index (χ0v) is 15.6.